The maximum atomic E-state index is 4.64. The number of nitrogens with one attached hydrogen (secondary N) is 1. The lowest BCUT2D eigenvalue weighted by molar-refractivity contribution is 0.482. The molecule has 3 heterocycles. The molecule has 1 aliphatic rings. The first kappa shape index (κ1) is 20.6. The van der Waals surface area contributed by atoms with Crippen LogP contribution in [0.3, 0.4) is 0 Å². The van der Waals surface area contributed by atoms with Crippen LogP contribution in [0.15, 0.2) is 41.7 Å². The smallest absolute Gasteiger partial charge is 0.193 e. The molecular formula is C20H28IN7. The highest BCUT2D eigenvalue weighted by Crippen LogP contribution is 2.26. The molecule has 1 aliphatic heterocycles. The van der Waals surface area contributed by atoms with Gasteiger partial charge in [-0.25, -0.2) is 4.98 Å². The number of nitrogens with zero attached hydrogens (tertiary/aromatic N) is 6. The molecule has 0 bridgehead atoms. The summed E-state index contributed by atoms with van der Waals surface area (Å²) in [5.41, 5.74) is 3.55. The van der Waals surface area contributed by atoms with Crippen LogP contribution in [0.4, 0.5) is 0 Å². The zero-order valence-corrected chi connectivity index (χ0v) is 19.0. The van der Waals surface area contributed by atoms with Crippen molar-refractivity contribution in [1.29, 1.82) is 0 Å². The Labute approximate surface area is 182 Å². The van der Waals surface area contributed by atoms with Crippen molar-refractivity contribution in [2.75, 3.05) is 26.7 Å². The van der Waals surface area contributed by atoms with E-state index in [-0.39, 0.29) is 24.0 Å². The van der Waals surface area contributed by atoms with Gasteiger partial charge in [0.15, 0.2) is 5.96 Å². The molecule has 8 heteroatoms. The van der Waals surface area contributed by atoms with Crippen molar-refractivity contribution in [3.8, 4) is 0 Å². The van der Waals surface area contributed by atoms with E-state index in [0.717, 1.165) is 49.9 Å². The van der Waals surface area contributed by atoms with Crippen LogP contribution >= 0.6 is 24.0 Å². The predicted molar refractivity (Wildman–Crippen MR) is 123 cm³/mol. The number of hydrogen-bond acceptors (Lipinski definition) is 3. The largest absolute Gasteiger partial charge is 0.354 e. The summed E-state index contributed by atoms with van der Waals surface area (Å²) in [6, 6.07) is 8.29. The third-order valence-electron chi connectivity index (χ3n) is 5.36. The molecule has 1 aromatic carbocycles. The minimum Gasteiger partial charge on any atom is -0.354 e. The van der Waals surface area contributed by atoms with Crippen LogP contribution < -0.4 is 5.32 Å². The highest BCUT2D eigenvalue weighted by molar-refractivity contribution is 14.0. The number of aromatic nitrogens is 4. The second-order valence-corrected chi connectivity index (χ2v) is 7.15. The van der Waals surface area contributed by atoms with Gasteiger partial charge in [0, 0.05) is 52.4 Å². The van der Waals surface area contributed by atoms with Crippen molar-refractivity contribution >= 4 is 41.0 Å². The number of benzene rings is 1. The average molecular weight is 493 g/mol. The Morgan fingerprint density at radius 2 is 2.14 bits per heavy atom. The van der Waals surface area contributed by atoms with E-state index < -0.39 is 0 Å². The molecule has 1 saturated heterocycles. The molecule has 4 rings (SSSR count). The van der Waals surface area contributed by atoms with Crippen LogP contribution in [0.25, 0.3) is 11.0 Å². The fourth-order valence-electron chi connectivity index (χ4n) is 3.97. The van der Waals surface area contributed by atoms with Crippen LogP contribution in [-0.4, -0.2) is 56.9 Å². The minimum atomic E-state index is 0. The molecule has 7 nitrogen and oxygen atoms in total. The first-order valence-corrected chi connectivity index (χ1v) is 9.51. The molecule has 2 aromatic heterocycles. The third-order valence-corrected chi connectivity index (χ3v) is 5.36. The van der Waals surface area contributed by atoms with E-state index in [1.165, 1.54) is 11.1 Å². The normalized spacial score (nSPS) is 17.2. The van der Waals surface area contributed by atoms with Crippen LogP contribution in [-0.2, 0) is 13.6 Å². The third kappa shape index (κ3) is 4.16. The fraction of sp³-hybridized carbons (Fsp3) is 0.450. The number of halogens is 1. The highest BCUT2D eigenvalue weighted by atomic mass is 127. The summed E-state index contributed by atoms with van der Waals surface area (Å²) in [6.07, 6.45) is 5.24. The van der Waals surface area contributed by atoms with Gasteiger partial charge in [-0.3, -0.25) is 9.67 Å². The van der Waals surface area contributed by atoms with E-state index in [9.17, 15) is 0 Å². The van der Waals surface area contributed by atoms with Gasteiger partial charge in [0.2, 0.25) is 0 Å². The van der Waals surface area contributed by atoms with Gasteiger partial charge in [-0.2, -0.15) is 5.10 Å². The highest BCUT2D eigenvalue weighted by Gasteiger charge is 2.26. The second-order valence-electron chi connectivity index (χ2n) is 7.15. The lowest BCUT2D eigenvalue weighted by Gasteiger charge is -2.22. The van der Waals surface area contributed by atoms with E-state index in [1.807, 2.05) is 31.0 Å². The number of fused-ring (bicyclic) bond motifs is 1. The maximum absolute atomic E-state index is 4.64. The number of imidazole rings is 1. The molecule has 0 aliphatic carbocycles. The van der Waals surface area contributed by atoms with Crippen molar-refractivity contribution in [3.63, 3.8) is 0 Å². The lowest BCUT2D eigenvalue weighted by atomic mass is 10.0. The molecule has 28 heavy (non-hydrogen) atoms. The van der Waals surface area contributed by atoms with E-state index in [4.69, 9.17) is 0 Å². The lowest BCUT2D eigenvalue weighted by Crippen LogP contribution is -2.41. The van der Waals surface area contributed by atoms with Crippen molar-refractivity contribution in [1.82, 2.24) is 29.5 Å². The fourth-order valence-corrected chi connectivity index (χ4v) is 3.97. The van der Waals surface area contributed by atoms with E-state index in [2.05, 4.69) is 61.2 Å². The van der Waals surface area contributed by atoms with Crippen molar-refractivity contribution in [3.05, 3.63) is 48.0 Å². The quantitative estimate of drug-likeness (QED) is 0.345. The monoisotopic (exact) mass is 493 g/mol. The SMILES string of the molecule is CN=C(NCCn1c(C)nc2ccccc21)N1CCC(c2cnn(C)c2)C1.I. The Balaban J connectivity index is 0.00000225. The number of aliphatic imine (C=N–C) groups is 1. The number of guanidine groups is 1. The molecular weight excluding hydrogens is 465 g/mol. The summed E-state index contributed by atoms with van der Waals surface area (Å²) in [7, 11) is 3.83. The molecule has 0 amide bonds. The Morgan fingerprint density at radius 3 is 2.89 bits per heavy atom. The van der Waals surface area contributed by atoms with Gasteiger partial charge in [0.1, 0.15) is 5.82 Å². The van der Waals surface area contributed by atoms with Crippen molar-refractivity contribution in [2.24, 2.45) is 12.0 Å². The van der Waals surface area contributed by atoms with Gasteiger partial charge in [-0.15, -0.1) is 24.0 Å². The molecule has 0 spiro atoms. The summed E-state index contributed by atoms with van der Waals surface area (Å²) in [6.45, 7) is 5.76. The summed E-state index contributed by atoms with van der Waals surface area (Å²) in [5.74, 6) is 2.55. The van der Waals surface area contributed by atoms with Gasteiger partial charge in [-0.05, 0) is 31.0 Å². The number of aryl methyl sites for hydroxylation is 2. The standard InChI is InChI=1S/C20H27N7.HI/c1-15-24-18-6-4-5-7-19(18)27(15)11-9-22-20(21-2)26-10-8-16(14-26)17-12-23-25(3)13-17;/h4-7,12-13,16H,8-11,14H2,1-3H3,(H,21,22);1H. The summed E-state index contributed by atoms with van der Waals surface area (Å²) in [5, 5.41) is 7.83. The number of rotatable bonds is 4. The van der Waals surface area contributed by atoms with Gasteiger partial charge in [0.25, 0.3) is 0 Å². The molecule has 1 atom stereocenters. The van der Waals surface area contributed by atoms with Crippen LogP contribution in [0.5, 0.6) is 0 Å². The summed E-state index contributed by atoms with van der Waals surface area (Å²) < 4.78 is 4.14. The first-order valence-electron chi connectivity index (χ1n) is 9.51. The first-order chi connectivity index (χ1) is 13.2. The topological polar surface area (TPSA) is 63.3 Å². The van der Waals surface area contributed by atoms with Gasteiger partial charge >= 0.3 is 0 Å². The van der Waals surface area contributed by atoms with E-state index in [0.29, 0.717) is 5.92 Å². The molecule has 1 fully saturated rings. The Hall–Kier alpha value is -2.10. The van der Waals surface area contributed by atoms with Gasteiger partial charge in [-0.1, -0.05) is 12.1 Å². The molecule has 1 N–H and O–H groups in total. The summed E-state index contributed by atoms with van der Waals surface area (Å²) in [4.78, 5) is 11.5. The molecule has 3 aromatic rings. The van der Waals surface area contributed by atoms with Crippen LogP contribution in [0, 0.1) is 6.92 Å². The Kier molecular flexibility index (Phi) is 6.58. The molecule has 0 saturated carbocycles. The molecule has 0 radical (unpaired) electrons. The number of likely N-dealkylation sites (tertiary alicyclic amines) is 1. The van der Waals surface area contributed by atoms with Crippen molar-refractivity contribution < 1.29 is 0 Å². The average Bonchev–Trinajstić information content (AvgIpc) is 3.38. The van der Waals surface area contributed by atoms with Gasteiger partial charge in [0.05, 0.1) is 17.2 Å². The maximum Gasteiger partial charge on any atom is 0.193 e. The Morgan fingerprint density at radius 1 is 1.32 bits per heavy atom. The number of hydrogen-bond donors (Lipinski definition) is 1. The zero-order valence-electron chi connectivity index (χ0n) is 16.7. The minimum absolute atomic E-state index is 0. The Bertz CT molecular complexity index is 959. The zero-order chi connectivity index (χ0) is 18.8. The predicted octanol–water partition coefficient (Wildman–Crippen LogP) is 2.76. The van der Waals surface area contributed by atoms with E-state index >= 15 is 0 Å². The van der Waals surface area contributed by atoms with Crippen LogP contribution in [0.1, 0.15) is 23.7 Å². The van der Waals surface area contributed by atoms with Crippen LogP contribution in [0.2, 0.25) is 0 Å². The van der Waals surface area contributed by atoms with Gasteiger partial charge < -0.3 is 14.8 Å². The summed E-state index contributed by atoms with van der Waals surface area (Å²) >= 11 is 0. The molecule has 1 unspecified atom stereocenters. The number of para-hydroxylation sites is 2. The second kappa shape index (κ2) is 8.93. The van der Waals surface area contributed by atoms with E-state index in [1.54, 1.807) is 0 Å². The van der Waals surface area contributed by atoms with Crippen molar-refractivity contribution in [2.45, 2.75) is 25.8 Å². The molecule has 150 valence electrons.